The molecule has 0 spiro atoms. The second kappa shape index (κ2) is 6.58. The van der Waals surface area contributed by atoms with E-state index in [0.717, 1.165) is 24.7 Å². The van der Waals surface area contributed by atoms with Gasteiger partial charge in [-0.1, -0.05) is 52.4 Å². The molecule has 0 saturated heterocycles. The number of amides is 1. The largest absolute Gasteiger partial charge is 0.353 e. The van der Waals surface area contributed by atoms with Crippen molar-refractivity contribution in [2.75, 3.05) is 0 Å². The average Bonchev–Trinajstić information content (AvgIpc) is 2.86. The Morgan fingerprint density at radius 3 is 2.50 bits per heavy atom. The predicted molar refractivity (Wildman–Crippen MR) is 75.3 cm³/mol. The average molecular weight is 251 g/mol. The van der Waals surface area contributed by atoms with E-state index in [2.05, 4.69) is 19.2 Å². The zero-order valence-electron chi connectivity index (χ0n) is 12.1. The molecule has 104 valence electrons. The highest BCUT2D eigenvalue weighted by Crippen LogP contribution is 2.30. The number of hydrogen-bond donors (Lipinski definition) is 1. The zero-order chi connectivity index (χ0) is 13.0. The van der Waals surface area contributed by atoms with Gasteiger partial charge in [0.2, 0.25) is 5.91 Å². The molecule has 0 aliphatic heterocycles. The lowest BCUT2D eigenvalue weighted by molar-refractivity contribution is -0.122. The van der Waals surface area contributed by atoms with Crippen LogP contribution < -0.4 is 5.32 Å². The van der Waals surface area contributed by atoms with Crippen molar-refractivity contribution in [1.82, 2.24) is 5.32 Å². The van der Waals surface area contributed by atoms with Crippen LogP contribution in [0.3, 0.4) is 0 Å². The third-order valence-corrected chi connectivity index (χ3v) is 5.31. The molecular formula is C16H29NO. The monoisotopic (exact) mass is 251 g/mol. The van der Waals surface area contributed by atoms with Gasteiger partial charge in [0.15, 0.2) is 0 Å². The molecule has 0 heterocycles. The molecule has 2 aliphatic rings. The molecule has 0 aromatic carbocycles. The van der Waals surface area contributed by atoms with Crippen LogP contribution in [0.15, 0.2) is 0 Å². The number of carbonyl (C=O) groups excluding carboxylic acids is 1. The zero-order valence-corrected chi connectivity index (χ0v) is 12.1. The van der Waals surface area contributed by atoms with E-state index < -0.39 is 0 Å². The Morgan fingerprint density at radius 1 is 1.06 bits per heavy atom. The quantitative estimate of drug-likeness (QED) is 0.806. The maximum atomic E-state index is 12.0. The van der Waals surface area contributed by atoms with Crippen LogP contribution in [-0.4, -0.2) is 11.9 Å². The van der Waals surface area contributed by atoms with Crippen LogP contribution in [0.4, 0.5) is 0 Å². The van der Waals surface area contributed by atoms with Gasteiger partial charge in [-0.05, 0) is 30.6 Å². The Morgan fingerprint density at radius 2 is 1.78 bits per heavy atom. The lowest BCUT2D eigenvalue weighted by atomic mass is 9.78. The van der Waals surface area contributed by atoms with Crippen molar-refractivity contribution < 1.29 is 4.79 Å². The summed E-state index contributed by atoms with van der Waals surface area (Å²) in [6, 6.07) is 0.435. The van der Waals surface area contributed by atoms with Gasteiger partial charge in [0.1, 0.15) is 0 Å². The van der Waals surface area contributed by atoms with Crippen molar-refractivity contribution in [1.29, 1.82) is 0 Å². The van der Waals surface area contributed by atoms with Crippen LogP contribution in [0.5, 0.6) is 0 Å². The molecule has 2 saturated carbocycles. The Balaban J connectivity index is 1.69. The summed E-state index contributed by atoms with van der Waals surface area (Å²) in [7, 11) is 0. The maximum absolute atomic E-state index is 12.0. The minimum atomic E-state index is 0.299. The van der Waals surface area contributed by atoms with Crippen LogP contribution >= 0.6 is 0 Å². The lowest BCUT2D eigenvalue weighted by Gasteiger charge is -2.34. The molecule has 1 N–H and O–H groups in total. The van der Waals surface area contributed by atoms with E-state index in [0.29, 0.717) is 17.9 Å². The number of nitrogens with one attached hydrogen (secondary N) is 1. The highest BCUT2D eigenvalue weighted by Gasteiger charge is 2.28. The van der Waals surface area contributed by atoms with Crippen molar-refractivity contribution in [2.45, 2.75) is 77.7 Å². The molecule has 2 rings (SSSR count). The third-order valence-electron chi connectivity index (χ3n) is 5.31. The summed E-state index contributed by atoms with van der Waals surface area (Å²) in [6.07, 6.45) is 11.1. The lowest BCUT2D eigenvalue weighted by Crippen LogP contribution is -2.43. The first kappa shape index (κ1) is 13.9. The first-order valence-electron chi connectivity index (χ1n) is 7.96. The Bertz CT molecular complexity index is 270. The first-order chi connectivity index (χ1) is 8.66. The maximum Gasteiger partial charge on any atom is 0.220 e. The van der Waals surface area contributed by atoms with Gasteiger partial charge in [-0.25, -0.2) is 0 Å². The van der Waals surface area contributed by atoms with Crippen LogP contribution in [0.25, 0.3) is 0 Å². The van der Waals surface area contributed by atoms with Gasteiger partial charge in [0, 0.05) is 12.5 Å². The Labute approximate surface area is 112 Å². The van der Waals surface area contributed by atoms with Gasteiger partial charge in [-0.3, -0.25) is 4.79 Å². The molecule has 3 atom stereocenters. The van der Waals surface area contributed by atoms with Gasteiger partial charge in [-0.2, -0.15) is 0 Å². The summed E-state index contributed by atoms with van der Waals surface area (Å²) in [5.74, 6) is 2.54. The van der Waals surface area contributed by atoms with Gasteiger partial charge >= 0.3 is 0 Å². The van der Waals surface area contributed by atoms with Gasteiger partial charge in [-0.15, -0.1) is 0 Å². The van der Waals surface area contributed by atoms with E-state index in [-0.39, 0.29) is 0 Å². The minimum absolute atomic E-state index is 0.299. The predicted octanol–water partition coefficient (Wildman–Crippen LogP) is 3.90. The fourth-order valence-corrected chi connectivity index (χ4v) is 3.70. The second-order valence-electron chi connectivity index (χ2n) is 6.63. The number of carbonyl (C=O) groups is 1. The van der Waals surface area contributed by atoms with Gasteiger partial charge in [0.25, 0.3) is 0 Å². The van der Waals surface area contributed by atoms with E-state index in [4.69, 9.17) is 0 Å². The smallest absolute Gasteiger partial charge is 0.220 e. The topological polar surface area (TPSA) is 29.1 Å². The van der Waals surface area contributed by atoms with E-state index in [1.807, 2.05) is 0 Å². The highest BCUT2D eigenvalue weighted by atomic mass is 16.1. The van der Waals surface area contributed by atoms with E-state index in [1.54, 1.807) is 0 Å². The summed E-state index contributed by atoms with van der Waals surface area (Å²) in [4.78, 5) is 12.0. The van der Waals surface area contributed by atoms with Crippen LogP contribution in [0.2, 0.25) is 0 Å². The van der Waals surface area contributed by atoms with E-state index >= 15 is 0 Å². The molecule has 0 aromatic heterocycles. The fourth-order valence-electron chi connectivity index (χ4n) is 3.70. The third kappa shape index (κ3) is 3.73. The van der Waals surface area contributed by atoms with Crippen LogP contribution in [0, 0.1) is 17.8 Å². The molecule has 2 nitrogen and oxygen atoms in total. The molecule has 0 bridgehead atoms. The molecule has 1 amide bonds. The standard InChI is InChI=1S/C16H29NO/c1-12-6-5-9-15(13(12)2)17-16(18)11-10-14-7-3-4-8-14/h12-15H,3-11H2,1-2H3,(H,17,18). The molecule has 0 aromatic rings. The molecule has 3 unspecified atom stereocenters. The number of rotatable bonds is 4. The SMILES string of the molecule is CC1CCCC(NC(=O)CCC2CCCC2)C1C. The summed E-state index contributed by atoms with van der Waals surface area (Å²) in [5, 5.41) is 3.28. The molecule has 0 radical (unpaired) electrons. The summed E-state index contributed by atoms with van der Waals surface area (Å²) < 4.78 is 0. The second-order valence-corrected chi connectivity index (χ2v) is 6.63. The normalized spacial score (nSPS) is 33.6. The van der Waals surface area contributed by atoms with Gasteiger partial charge < -0.3 is 5.32 Å². The molecule has 2 fully saturated rings. The fraction of sp³-hybridized carbons (Fsp3) is 0.938. The minimum Gasteiger partial charge on any atom is -0.353 e. The molecule has 18 heavy (non-hydrogen) atoms. The van der Waals surface area contributed by atoms with E-state index in [9.17, 15) is 4.79 Å². The Kier molecular flexibility index (Phi) is 5.08. The van der Waals surface area contributed by atoms with Crippen LogP contribution in [0.1, 0.15) is 71.6 Å². The summed E-state index contributed by atoms with van der Waals surface area (Å²) in [6.45, 7) is 4.62. The van der Waals surface area contributed by atoms with Crippen molar-refractivity contribution in [3.8, 4) is 0 Å². The Hall–Kier alpha value is -0.530. The van der Waals surface area contributed by atoms with Crippen molar-refractivity contribution in [3.05, 3.63) is 0 Å². The van der Waals surface area contributed by atoms with Crippen molar-refractivity contribution >= 4 is 5.91 Å². The summed E-state index contributed by atoms with van der Waals surface area (Å²) in [5.41, 5.74) is 0. The summed E-state index contributed by atoms with van der Waals surface area (Å²) >= 11 is 0. The molecular weight excluding hydrogens is 222 g/mol. The van der Waals surface area contributed by atoms with Gasteiger partial charge in [0.05, 0.1) is 0 Å². The molecule has 2 aliphatic carbocycles. The van der Waals surface area contributed by atoms with E-state index in [1.165, 1.54) is 44.9 Å². The van der Waals surface area contributed by atoms with Crippen molar-refractivity contribution in [3.63, 3.8) is 0 Å². The van der Waals surface area contributed by atoms with Crippen LogP contribution in [-0.2, 0) is 4.79 Å². The van der Waals surface area contributed by atoms with Crippen molar-refractivity contribution in [2.24, 2.45) is 17.8 Å². The molecule has 2 heteroatoms. The highest BCUT2D eigenvalue weighted by molar-refractivity contribution is 5.76. The number of hydrogen-bond acceptors (Lipinski definition) is 1. The first-order valence-corrected chi connectivity index (χ1v) is 7.96.